The van der Waals surface area contributed by atoms with Gasteiger partial charge in [-0.25, -0.2) is 4.68 Å². The van der Waals surface area contributed by atoms with Crippen LogP contribution in [0.15, 0.2) is 18.5 Å². The Hall–Kier alpha value is -1.63. The van der Waals surface area contributed by atoms with Crippen LogP contribution >= 0.6 is 15.9 Å². The highest BCUT2D eigenvalue weighted by Crippen LogP contribution is 2.29. The Morgan fingerprint density at radius 1 is 1.33 bits per heavy atom. The van der Waals surface area contributed by atoms with Gasteiger partial charge < -0.3 is 9.47 Å². The molecule has 0 bridgehead atoms. The Labute approximate surface area is 113 Å². The van der Waals surface area contributed by atoms with Crippen molar-refractivity contribution in [3.63, 3.8) is 0 Å². The fourth-order valence-electron chi connectivity index (χ4n) is 1.59. The molecule has 0 atom stereocenters. The lowest BCUT2D eigenvalue weighted by Crippen LogP contribution is -2.05. The Bertz CT molecular complexity index is 530. The fraction of sp³-hybridized carbons (Fsp3) is 0.364. The molecule has 0 aliphatic carbocycles. The highest BCUT2D eigenvalue weighted by molar-refractivity contribution is 9.08. The Kier molecular flexibility index (Phi) is 4.14. The quantitative estimate of drug-likeness (QED) is 0.785. The van der Waals surface area contributed by atoms with Gasteiger partial charge in [-0.3, -0.25) is 4.98 Å². The lowest BCUT2D eigenvalue weighted by molar-refractivity contribution is 0.348. The molecule has 0 N–H and O–H groups in total. The first-order chi connectivity index (χ1) is 8.78. The Morgan fingerprint density at radius 2 is 2.17 bits per heavy atom. The molecule has 0 saturated carbocycles. The second-order valence-corrected chi connectivity index (χ2v) is 4.09. The van der Waals surface area contributed by atoms with Crippen LogP contribution in [0.4, 0.5) is 0 Å². The average molecular weight is 313 g/mol. The summed E-state index contributed by atoms with van der Waals surface area (Å²) in [6.07, 6.45) is 3.54. The maximum absolute atomic E-state index is 5.31. The lowest BCUT2D eigenvalue weighted by Gasteiger charge is -2.11. The Morgan fingerprint density at radius 3 is 2.78 bits per heavy atom. The molecule has 2 aromatic rings. The van der Waals surface area contributed by atoms with Gasteiger partial charge in [0, 0.05) is 23.8 Å². The first kappa shape index (κ1) is 12.8. The maximum Gasteiger partial charge on any atom is 0.184 e. The van der Waals surface area contributed by atoms with Crippen LogP contribution in [0.3, 0.4) is 0 Å². The van der Waals surface area contributed by atoms with Crippen molar-refractivity contribution in [3.05, 3.63) is 29.8 Å². The van der Waals surface area contributed by atoms with Crippen LogP contribution in [0.1, 0.15) is 11.4 Å². The minimum Gasteiger partial charge on any atom is -0.493 e. The molecule has 2 rings (SSSR count). The highest BCUT2D eigenvalue weighted by Gasteiger charge is 2.12. The zero-order valence-electron chi connectivity index (χ0n) is 10.1. The molecule has 18 heavy (non-hydrogen) atoms. The molecule has 0 spiro atoms. The van der Waals surface area contributed by atoms with Gasteiger partial charge in [-0.15, -0.1) is 5.10 Å². The van der Waals surface area contributed by atoms with Gasteiger partial charge in [-0.1, -0.05) is 21.1 Å². The molecule has 0 aliphatic heterocycles. The van der Waals surface area contributed by atoms with Crippen LogP contribution in [-0.4, -0.2) is 34.2 Å². The van der Waals surface area contributed by atoms with Gasteiger partial charge in [0.05, 0.1) is 26.5 Å². The number of ether oxygens (including phenoxy) is 2. The molecule has 0 aliphatic rings. The number of hydrogen-bond acceptors (Lipinski definition) is 5. The van der Waals surface area contributed by atoms with E-state index in [0.29, 0.717) is 23.4 Å². The molecule has 0 fully saturated rings. The van der Waals surface area contributed by atoms with Gasteiger partial charge in [0.25, 0.3) is 0 Å². The standard InChI is InChI=1S/C11H13BrN4O2/c1-17-10-3-4-13-9(11(10)18-2)7-16-6-8(5-12)14-15-16/h3-4,6H,5,7H2,1-2H3. The van der Waals surface area contributed by atoms with Crippen molar-refractivity contribution in [1.29, 1.82) is 0 Å². The monoisotopic (exact) mass is 312 g/mol. The minimum absolute atomic E-state index is 0.486. The lowest BCUT2D eigenvalue weighted by atomic mass is 10.3. The van der Waals surface area contributed by atoms with E-state index < -0.39 is 0 Å². The van der Waals surface area contributed by atoms with E-state index in [1.54, 1.807) is 31.2 Å². The summed E-state index contributed by atoms with van der Waals surface area (Å²) in [7, 11) is 3.19. The van der Waals surface area contributed by atoms with Gasteiger partial charge in [-0.05, 0) is 0 Å². The van der Waals surface area contributed by atoms with Gasteiger partial charge in [0.1, 0.15) is 5.69 Å². The molecule has 2 heterocycles. The van der Waals surface area contributed by atoms with Crippen LogP contribution in [0.2, 0.25) is 0 Å². The molecule has 96 valence electrons. The number of halogens is 1. The number of pyridine rings is 1. The smallest absolute Gasteiger partial charge is 0.184 e. The van der Waals surface area contributed by atoms with Crippen molar-refractivity contribution in [2.45, 2.75) is 11.9 Å². The molecule has 0 amide bonds. The van der Waals surface area contributed by atoms with Crippen LogP contribution in [0.5, 0.6) is 11.5 Å². The van der Waals surface area contributed by atoms with Crippen molar-refractivity contribution in [2.24, 2.45) is 0 Å². The van der Waals surface area contributed by atoms with Gasteiger partial charge in [0.15, 0.2) is 11.5 Å². The number of nitrogens with zero attached hydrogens (tertiary/aromatic N) is 4. The van der Waals surface area contributed by atoms with Crippen LogP contribution < -0.4 is 9.47 Å². The summed E-state index contributed by atoms with van der Waals surface area (Å²) in [4.78, 5) is 4.28. The van der Waals surface area contributed by atoms with E-state index >= 15 is 0 Å². The van der Waals surface area contributed by atoms with Crippen molar-refractivity contribution in [3.8, 4) is 11.5 Å². The number of methoxy groups -OCH3 is 2. The van der Waals surface area contributed by atoms with E-state index in [-0.39, 0.29) is 0 Å². The second kappa shape index (κ2) is 5.81. The number of aromatic nitrogens is 4. The summed E-state index contributed by atoms with van der Waals surface area (Å²) in [5.74, 6) is 1.28. The third kappa shape index (κ3) is 2.61. The highest BCUT2D eigenvalue weighted by atomic mass is 79.9. The summed E-state index contributed by atoms with van der Waals surface area (Å²) in [6.45, 7) is 0.486. The van der Waals surface area contributed by atoms with Gasteiger partial charge in [-0.2, -0.15) is 0 Å². The molecule has 6 nitrogen and oxygen atoms in total. The average Bonchev–Trinajstić information content (AvgIpc) is 2.86. The number of alkyl halides is 1. The predicted molar refractivity (Wildman–Crippen MR) is 69.1 cm³/mol. The van der Waals surface area contributed by atoms with Crippen molar-refractivity contribution in [2.75, 3.05) is 14.2 Å². The van der Waals surface area contributed by atoms with E-state index in [0.717, 1.165) is 11.4 Å². The molecule has 0 radical (unpaired) electrons. The summed E-state index contributed by atoms with van der Waals surface area (Å²) in [6, 6.07) is 1.76. The number of rotatable bonds is 5. The first-order valence-corrected chi connectivity index (χ1v) is 6.41. The van der Waals surface area contributed by atoms with E-state index in [2.05, 4.69) is 31.2 Å². The molecule has 0 unspecified atom stereocenters. The molecule has 0 aromatic carbocycles. The van der Waals surface area contributed by atoms with E-state index in [1.165, 1.54) is 0 Å². The fourth-order valence-corrected chi connectivity index (χ4v) is 1.85. The minimum atomic E-state index is 0.486. The van der Waals surface area contributed by atoms with Crippen LogP contribution in [0.25, 0.3) is 0 Å². The predicted octanol–water partition coefficient (Wildman–Crippen LogP) is 1.63. The summed E-state index contributed by atoms with van der Waals surface area (Å²) in [5, 5.41) is 8.68. The second-order valence-electron chi connectivity index (χ2n) is 3.53. The molecule has 7 heteroatoms. The number of hydrogen-bond donors (Lipinski definition) is 0. The zero-order valence-corrected chi connectivity index (χ0v) is 11.7. The van der Waals surface area contributed by atoms with Gasteiger partial charge >= 0.3 is 0 Å². The van der Waals surface area contributed by atoms with Gasteiger partial charge in [0.2, 0.25) is 0 Å². The SMILES string of the molecule is COc1ccnc(Cn2cc(CBr)nn2)c1OC. The third-order valence-electron chi connectivity index (χ3n) is 2.40. The molecule has 0 saturated heterocycles. The van der Waals surface area contributed by atoms with Crippen molar-refractivity contribution >= 4 is 15.9 Å². The van der Waals surface area contributed by atoms with E-state index in [9.17, 15) is 0 Å². The molecular weight excluding hydrogens is 300 g/mol. The summed E-state index contributed by atoms with van der Waals surface area (Å²) < 4.78 is 12.2. The summed E-state index contributed by atoms with van der Waals surface area (Å²) >= 11 is 3.33. The van der Waals surface area contributed by atoms with Crippen molar-refractivity contribution in [1.82, 2.24) is 20.0 Å². The van der Waals surface area contributed by atoms with E-state index in [1.807, 2.05) is 6.20 Å². The Balaban J connectivity index is 2.28. The van der Waals surface area contributed by atoms with Crippen LogP contribution in [-0.2, 0) is 11.9 Å². The van der Waals surface area contributed by atoms with Crippen LogP contribution in [0, 0.1) is 0 Å². The molecular formula is C11H13BrN4O2. The zero-order chi connectivity index (χ0) is 13.0. The largest absolute Gasteiger partial charge is 0.493 e. The topological polar surface area (TPSA) is 62.1 Å². The normalized spacial score (nSPS) is 10.4. The maximum atomic E-state index is 5.31. The first-order valence-electron chi connectivity index (χ1n) is 5.29. The third-order valence-corrected chi connectivity index (χ3v) is 2.98. The van der Waals surface area contributed by atoms with Crippen molar-refractivity contribution < 1.29 is 9.47 Å². The van der Waals surface area contributed by atoms with E-state index in [4.69, 9.17) is 9.47 Å². The molecule has 2 aromatic heterocycles. The summed E-state index contributed by atoms with van der Waals surface area (Å²) in [5.41, 5.74) is 1.62.